The van der Waals surface area contributed by atoms with Gasteiger partial charge in [-0.15, -0.1) is 12.4 Å². The van der Waals surface area contributed by atoms with Crippen molar-refractivity contribution in [3.05, 3.63) is 78.4 Å². The van der Waals surface area contributed by atoms with E-state index in [4.69, 9.17) is 4.74 Å². The third-order valence-corrected chi connectivity index (χ3v) is 4.46. The Hall–Kier alpha value is -3.05. The van der Waals surface area contributed by atoms with Crippen LogP contribution < -0.4 is 10.6 Å². The third kappa shape index (κ3) is 6.22. The molecule has 1 amide bonds. The van der Waals surface area contributed by atoms with Crippen LogP contribution in [0.15, 0.2) is 72.8 Å². The van der Waals surface area contributed by atoms with E-state index >= 15 is 0 Å². The number of anilines is 1. The van der Waals surface area contributed by atoms with E-state index in [0.717, 1.165) is 22.0 Å². The van der Waals surface area contributed by atoms with Crippen molar-refractivity contribution in [2.24, 2.45) is 0 Å². The molecule has 0 unspecified atom stereocenters. The molecule has 0 heterocycles. The first-order chi connectivity index (χ1) is 13.5. The van der Waals surface area contributed by atoms with E-state index in [-0.39, 0.29) is 24.9 Å². The Balaban J connectivity index is 0.00000300. The summed E-state index contributed by atoms with van der Waals surface area (Å²) in [6.07, 6.45) is 0. The lowest BCUT2D eigenvalue weighted by Crippen LogP contribution is -2.45. The summed E-state index contributed by atoms with van der Waals surface area (Å²) < 4.78 is 5.26. The minimum atomic E-state index is -0.725. The number of carbonyl (C=O) groups is 2. The predicted molar refractivity (Wildman–Crippen MR) is 118 cm³/mol. The van der Waals surface area contributed by atoms with Crippen molar-refractivity contribution in [3.63, 3.8) is 0 Å². The maximum Gasteiger partial charge on any atom is 0.328 e. The number of halogens is 1. The Kier molecular flexibility index (Phi) is 8.04. The number of fused-ring (bicyclic) bond motifs is 1. The van der Waals surface area contributed by atoms with E-state index in [0.29, 0.717) is 0 Å². The molecule has 3 aromatic rings. The van der Waals surface area contributed by atoms with Crippen LogP contribution in [-0.2, 0) is 20.9 Å². The largest absolute Gasteiger partial charge is 0.459 e. The van der Waals surface area contributed by atoms with Crippen LogP contribution in [0.25, 0.3) is 10.8 Å². The standard InChI is InChI=1S/C23H24N2O3.ClH/c1-16(24-21-13-12-19-10-6-7-11-20(19)14-21)22(26)25-17(2)23(27)28-15-18-8-4-3-5-9-18;/h3-14,16-17,24H,15H2,1-2H3,(H,25,26);1H/t16-,17+;/m1./s1. The van der Waals surface area contributed by atoms with Crippen LogP contribution in [-0.4, -0.2) is 24.0 Å². The number of rotatable bonds is 7. The average molecular weight is 413 g/mol. The van der Waals surface area contributed by atoms with E-state index in [2.05, 4.69) is 10.6 Å². The highest BCUT2D eigenvalue weighted by molar-refractivity contribution is 5.90. The van der Waals surface area contributed by atoms with Crippen LogP contribution in [0.2, 0.25) is 0 Å². The summed E-state index contributed by atoms with van der Waals surface area (Å²) in [4.78, 5) is 24.5. The van der Waals surface area contributed by atoms with Gasteiger partial charge in [-0.2, -0.15) is 0 Å². The summed E-state index contributed by atoms with van der Waals surface area (Å²) in [6, 6.07) is 22.2. The third-order valence-electron chi connectivity index (χ3n) is 4.46. The van der Waals surface area contributed by atoms with Crippen LogP contribution in [0.3, 0.4) is 0 Å². The molecule has 152 valence electrons. The lowest BCUT2D eigenvalue weighted by atomic mass is 10.1. The highest BCUT2D eigenvalue weighted by Gasteiger charge is 2.20. The van der Waals surface area contributed by atoms with Gasteiger partial charge in [-0.05, 0) is 42.3 Å². The summed E-state index contributed by atoms with van der Waals surface area (Å²) >= 11 is 0. The zero-order valence-electron chi connectivity index (χ0n) is 16.4. The Morgan fingerprint density at radius 3 is 2.24 bits per heavy atom. The molecule has 0 spiro atoms. The van der Waals surface area contributed by atoms with Gasteiger partial charge in [0.2, 0.25) is 5.91 Å². The second-order valence-corrected chi connectivity index (χ2v) is 6.75. The molecular formula is C23H25ClN2O3. The molecule has 0 aliphatic carbocycles. The summed E-state index contributed by atoms with van der Waals surface area (Å²) in [5.74, 6) is -0.729. The SMILES string of the molecule is C[C@H](NC(=O)[C@@H](C)Nc1ccc2ccccc2c1)C(=O)OCc1ccccc1.Cl. The maximum atomic E-state index is 12.4. The number of amides is 1. The predicted octanol–water partition coefficient (Wildman–Crippen LogP) is 4.31. The van der Waals surface area contributed by atoms with Crippen molar-refractivity contribution in [1.82, 2.24) is 5.32 Å². The summed E-state index contributed by atoms with van der Waals surface area (Å²) in [5.41, 5.74) is 1.75. The Labute approximate surface area is 176 Å². The molecule has 29 heavy (non-hydrogen) atoms. The van der Waals surface area contributed by atoms with Crippen molar-refractivity contribution < 1.29 is 14.3 Å². The highest BCUT2D eigenvalue weighted by Crippen LogP contribution is 2.19. The van der Waals surface area contributed by atoms with Crippen molar-refractivity contribution in [2.75, 3.05) is 5.32 Å². The number of esters is 1. The van der Waals surface area contributed by atoms with Gasteiger partial charge in [0, 0.05) is 5.69 Å². The number of carbonyl (C=O) groups excluding carboxylic acids is 2. The molecule has 0 aromatic heterocycles. The van der Waals surface area contributed by atoms with Gasteiger partial charge in [-0.25, -0.2) is 4.79 Å². The second kappa shape index (κ2) is 10.5. The number of nitrogens with one attached hydrogen (secondary N) is 2. The van der Waals surface area contributed by atoms with Crippen LogP contribution in [0.4, 0.5) is 5.69 Å². The zero-order chi connectivity index (χ0) is 19.9. The molecule has 3 rings (SSSR count). The molecule has 0 bridgehead atoms. The van der Waals surface area contributed by atoms with Gasteiger partial charge >= 0.3 is 5.97 Å². The van der Waals surface area contributed by atoms with Crippen molar-refractivity contribution in [3.8, 4) is 0 Å². The van der Waals surface area contributed by atoms with E-state index in [1.807, 2.05) is 72.8 Å². The van der Waals surface area contributed by atoms with Gasteiger partial charge in [0.05, 0.1) is 0 Å². The number of hydrogen-bond donors (Lipinski definition) is 2. The Morgan fingerprint density at radius 2 is 1.52 bits per heavy atom. The number of ether oxygens (including phenoxy) is 1. The topological polar surface area (TPSA) is 67.4 Å². The van der Waals surface area contributed by atoms with Crippen LogP contribution in [0.1, 0.15) is 19.4 Å². The normalized spacial score (nSPS) is 12.3. The molecule has 0 aliphatic rings. The second-order valence-electron chi connectivity index (χ2n) is 6.75. The lowest BCUT2D eigenvalue weighted by Gasteiger charge is -2.19. The van der Waals surface area contributed by atoms with E-state index in [1.54, 1.807) is 13.8 Å². The van der Waals surface area contributed by atoms with E-state index in [1.165, 1.54) is 0 Å². The van der Waals surface area contributed by atoms with Gasteiger partial charge in [0.1, 0.15) is 18.7 Å². The molecule has 2 N–H and O–H groups in total. The first-order valence-corrected chi connectivity index (χ1v) is 9.29. The first kappa shape index (κ1) is 22.2. The molecule has 0 fully saturated rings. The van der Waals surface area contributed by atoms with E-state index in [9.17, 15) is 9.59 Å². The van der Waals surface area contributed by atoms with Crippen LogP contribution >= 0.6 is 12.4 Å². The fraction of sp³-hybridized carbons (Fsp3) is 0.217. The monoisotopic (exact) mass is 412 g/mol. The van der Waals surface area contributed by atoms with Gasteiger partial charge in [0.25, 0.3) is 0 Å². The van der Waals surface area contributed by atoms with Crippen molar-refractivity contribution in [2.45, 2.75) is 32.5 Å². The molecular weight excluding hydrogens is 388 g/mol. The van der Waals surface area contributed by atoms with Crippen molar-refractivity contribution in [1.29, 1.82) is 0 Å². The maximum absolute atomic E-state index is 12.4. The van der Waals surface area contributed by atoms with Gasteiger partial charge < -0.3 is 15.4 Å². The van der Waals surface area contributed by atoms with Gasteiger partial charge in [0.15, 0.2) is 0 Å². The quantitative estimate of drug-likeness (QED) is 0.567. The fourth-order valence-electron chi connectivity index (χ4n) is 2.85. The van der Waals surface area contributed by atoms with Gasteiger partial charge in [-0.1, -0.05) is 60.7 Å². The number of benzene rings is 3. The molecule has 0 saturated heterocycles. The van der Waals surface area contributed by atoms with Gasteiger partial charge in [-0.3, -0.25) is 4.79 Å². The minimum absolute atomic E-state index is 0. The first-order valence-electron chi connectivity index (χ1n) is 9.29. The Morgan fingerprint density at radius 1 is 0.862 bits per heavy atom. The summed E-state index contributed by atoms with van der Waals surface area (Å²) in [5, 5.41) is 8.10. The van der Waals surface area contributed by atoms with E-state index < -0.39 is 18.1 Å². The Bertz CT molecular complexity index is 963. The summed E-state index contributed by atoms with van der Waals surface area (Å²) in [6.45, 7) is 3.56. The molecule has 0 saturated carbocycles. The molecule has 5 nitrogen and oxygen atoms in total. The molecule has 2 atom stereocenters. The number of hydrogen-bond acceptors (Lipinski definition) is 4. The fourth-order valence-corrected chi connectivity index (χ4v) is 2.85. The molecule has 3 aromatic carbocycles. The zero-order valence-corrected chi connectivity index (χ0v) is 17.2. The highest BCUT2D eigenvalue weighted by atomic mass is 35.5. The van der Waals surface area contributed by atoms with Crippen LogP contribution in [0.5, 0.6) is 0 Å². The lowest BCUT2D eigenvalue weighted by molar-refractivity contribution is -0.148. The molecule has 6 heteroatoms. The van der Waals surface area contributed by atoms with Crippen LogP contribution in [0, 0.1) is 0 Å². The smallest absolute Gasteiger partial charge is 0.328 e. The van der Waals surface area contributed by atoms with Crippen molar-refractivity contribution >= 4 is 40.7 Å². The minimum Gasteiger partial charge on any atom is -0.459 e. The average Bonchev–Trinajstić information content (AvgIpc) is 2.72. The molecule has 0 aliphatic heterocycles. The molecule has 0 radical (unpaired) electrons. The summed E-state index contributed by atoms with van der Waals surface area (Å²) in [7, 11) is 0.